The molecule has 4 aliphatic carbocycles. The van der Waals surface area contributed by atoms with Gasteiger partial charge >= 0.3 is 0 Å². The second kappa shape index (κ2) is 6.27. The van der Waals surface area contributed by atoms with Crippen LogP contribution >= 0.6 is 0 Å². The molecule has 138 valence electrons. The fourth-order valence-electron chi connectivity index (χ4n) is 6.26. The topological polar surface area (TPSA) is 55.4 Å². The van der Waals surface area contributed by atoms with Crippen LogP contribution in [0.1, 0.15) is 51.9 Å². The predicted molar refractivity (Wildman–Crippen MR) is 98.0 cm³/mol. The lowest BCUT2D eigenvalue weighted by atomic mass is 9.47. The lowest BCUT2D eigenvalue weighted by molar-refractivity contribution is -0.0704. The summed E-state index contributed by atoms with van der Waals surface area (Å²) < 4.78 is 34.1. The van der Waals surface area contributed by atoms with E-state index in [9.17, 15) is 8.42 Å². The van der Waals surface area contributed by atoms with Crippen molar-refractivity contribution >= 4 is 10.0 Å². The van der Waals surface area contributed by atoms with E-state index in [4.69, 9.17) is 4.74 Å². The molecule has 1 N–H and O–H groups in total. The molecule has 4 aliphatic rings. The van der Waals surface area contributed by atoms with E-state index < -0.39 is 10.0 Å². The fraction of sp³-hybridized carbons (Fsp3) is 0.700. The first-order chi connectivity index (χ1) is 11.9. The van der Waals surface area contributed by atoms with Crippen molar-refractivity contribution in [2.24, 2.45) is 23.2 Å². The van der Waals surface area contributed by atoms with Crippen LogP contribution in [0.4, 0.5) is 0 Å². The van der Waals surface area contributed by atoms with E-state index in [1.165, 1.54) is 38.5 Å². The predicted octanol–water partition coefficient (Wildman–Crippen LogP) is 3.97. The molecule has 1 aromatic carbocycles. The molecule has 5 heteroatoms. The van der Waals surface area contributed by atoms with Gasteiger partial charge in [0.15, 0.2) is 0 Å². The first kappa shape index (κ1) is 17.3. The summed E-state index contributed by atoms with van der Waals surface area (Å²) in [7, 11) is -1.91. The first-order valence-corrected chi connectivity index (χ1v) is 11.1. The van der Waals surface area contributed by atoms with Crippen LogP contribution in [0.5, 0.6) is 5.75 Å². The zero-order valence-corrected chi connectivity index (χ0v) is 16.0. The SMILES string of the molecule is CCC(NS(=O)(=O)c1ccc(OC)cc1)C12CC3CC(CC(C3)C1)C2. The van der Waals surface area contributed by atoms with Crippen molar-refractivity contribution in [2.75, 3.05) is 7.11 Å². The van der Waals surface area contributed by atoms with Crippen molar-refractivity contribution < 1.29 is 13.2 Å². The molecular weight excluding hydrogens is 334 g/mol. The van der Waals surface area contributed by atoms with Crippen LogP contribution in [0.3, 0.4) is 0 Å². The van der Waals surface area contributed by atoms with Crippen LogP contribution in [-0.2, 0) is 10.0 Å². The zero-order chi connectivity index (χ0) is 17.7. The van der Waals surface area contributed by atoms with Crippen LogP contribution in [0.2, 0.25) is 0 Å². The van der Waals surface area contributed by atoms with Gasteiger partial charge in [-0.25, -0.2) is 13.1 Å². The molecule has 5 rings (SSSR count). The van der Waals surface area contributed by atoms with Crippen LogP contribution in [0.25, 0.3) is 0 Å². The number of rotatable bonds is 6. The van der Waals surface area contributed by atoms with E-state index in [2.05, 4.69) is 11.6 Å². The molecule has 4 bridgehead atoms. The van der Waals surface area contributed by atoms with Crippen molar-refractivity contribution in [3.05, 3.63) is 24.3 Å². The van der Waals surface area contributed by atoms with Gasteiger partial charge in [0.05, 0.1) is 12.0 Å². The third-order valence-electron chi connectivity index (χ3n) is 6.90. The highest BCUT2D eigenvalue weighted by molar-refractivity contribution is 7.89. The Hall–Kier alpha value is -1.07. The van der Waals surface area contributed by atoms with Gasteiger partial charge in [0.1, 0.15) is 5.75 Å². The summed E-state index contributed by atoms with van der Waals surface area (Å²) in [6, 6.07) is 6.73. The minimum atomic E-state index is -3.50. The highest BCUT2D eigenvalue weighted by Gasteiger charge is 2.54. The Labute approximate surface area is 151 Å². The second-order valence-electron chi connectivity index (χ2n) is 8.54. The molecule has 0 amide bonds. The molecule has 0 radical (unpaired) electrons. The van der Waals surface area contributed by atoms with E-state index in [1.54, 1.807) is 31.4 Å². The van der Waals surface area contributed by atoms with Crippen molar-refractivity contribution in [3.63, 3.8) is 0 Å². The van der Waals surface area contributed by atoms with Gasteiger partial charge < -0.3 is 4.74 Å². The number of hydrogen-bond acceptors (Lipinski definition) is 3. The van der Waals surface area contributed by atoms with E-state index in [0.717, 1.165) is 24.2 Å². The Balaban J connectivity index is 1.57. The molecule has 0 aromatic heterocycles. The first-order valence-electron chi connectivity index (χ1n) is 9.60. The molecule has 1 aromatic rings. The summed E-state index contributed by atoms with van der Waals surface area (Å²) in [5.41, 5.74) is 0.184. The number of methoxy groups -OCH3 is 1. The molecule has 0 spiro atoms. The third kappa shape index (κ3) is 3.10. The summed E-state index contributed by atoms with van der Waals surface area (Å²) in [6.45, 7) is 2.12. The lowest BCUT2D eigenvalue weighted by Crippen LogP contribution is -2.56. The zero-order valence-electron chi connectivity index (χ0n) is 15.2. The van der Waals surface area contributed by atoms with E-state index in [-0.39, 0.29) is 11.5 Å². The van der Waals surface area contributed by atoms with E-state index in [0.29, 0.717) is 10.6 Å². The molecule has 0 aliphatic heterocycles. The van der Waals surface area contributed by atoms with Crippen LogP contribution in [0, 0.1) is 23.2 Å². The Kier molecular flexibility index (Phi) is 4.35. The largest absolute Gasteiger partial charge is 0.497 e. The molecule has 0 saturated heterocycles. The molecular formula is C20H29NO3S. The number of sulfonamides is 1. The molecule has 1 atom stereocenters. The average Bonchev–Trinajstić information content (AvgIpc) is 2.58. The number of benzene rings is 1. The maximum Gasteiger partial charge on any atom is 0.240 e. The standard InChI is InChI=1S/C20H29NO3S/c1-3-19(20-11-14-8-15(12-20)10-16(9-14)13-20)21-25(22,23)18-6-4-17(24-2)5-7-18/h4-7,14-16,19,21H,3,8-13H2,1-2H3. The van der Waals surface area contributed by atoms with Crippen LogP contribution in [-0.4, -0.2) is 21.6 Å². The summed E-state index contributed by atoms with van der Waals surface area (Å²) in [6.07, 6.45) is 8.62. The van der Waals surface area contributed by atoms with Gasteiger partial charge in [0.2, 0.25) is 10.0 Å². The summed E-state index contributed by atoms with van der Waals surface area (Å²) in [5.74, 6) is 3.15. The minimum Gasteiger partial charge on any atom is -0.497 e. The average molecular weight is 364 g/mol. The highest BCUT2D eigenvalue weighted by Crippen LogP contribution is 2.61. The van der Waals surface area contributed by atoms with Gasteiger partial charge in [-0.3, -0.25) is 0 Å². The fourth-order valence-corrected chi connectivity index (χ4v) is 7.68. The molecule has 4 saturated carbocycles. The van der Waals surface area contributed by atoms with Crippen LogP contribution in [0.15, 0.2) is 29.2 Å². The second-order valence-corrected chi connectivity index (χ2v) is 10.3. The smallest absolute Gasteiger partial charge is 0.240 e. The number of ether oxygens (including phenoxy) is 1. The summed E-state index contributed by atoms with van der Waals surface area (Å²) >= 11 is 0. The molecule has 25 heavy (non-hydrogen) atoms. The van der Waals surface area contributed by atoms with Crippen molar-refractivity contribution in [3.8, 4) is 5.75 Å². The Morgan fingerprint density at radius 2 is 1.60 bits per heavy atom. The van der Waals surface area contributed by atoms with Gasteiger partial charge in [-0.1, -0.05) is 6.92 Å². The maximum absolute atomic E-state index is 12.9. The molecule has 1 unspecified atom stereocenters. The molecule has 4 fully saturated rings. The quantitative estimate of drug-likeness (QED) is 0.832. The van der Waals surface area contributed by atoms with Crippen LogP contribution < -0.4 is 9.46 Å². The van der Waals surface area contributed by atoms with Gasteiger partial charge in [0, 0.05) is 6.04 Å². The number of hydrogen-bond donors (Lipinski definition) is 1. The minimum absolute atomic E-state index is 0.0491. The van der Waals surface area contributed by atoms with E-state index in [1.807, 2.05) is 0 Å². The Morgan fingerprint density at radius 3 is 2.04 bits per heavy atom. The Bertz CT molecular complexity index is 691. The highest BCUT2D eigenvalue weighted by atomic mass is 32.2. The van der Waals surface area contributed by atoms with Crippen molar-refractivity contribution in [1.82, 2.24) is 4.72 Å². The van der Waals surface area contributed by atoms with Gasteiger partial charge in [-0.15, -0.1) is 0 Å². The van der Waals surface area contributed by atoms with Crippen molar-refractivity contribution in [1.29, 1.82) is 0 Å². The van der Waals surface area contributed by atoms with Crippen molar-refractivity contribution in [2.45, 2.75) is 62.8 Å². The summed E-state index contributed by atoms with van der Waals surface area (Å²) in [4.78, 5) is 0.330. The maximum atomic E-state index is 12.9. The van der Waals surface area contributed by atoms with E-state index >= 15 is 0 Å². The third-order valence-corrected chi connectivity index (χ3v) is 8.39. The number of nitrogens with one attached hydrogen (secondary N) is 1. The van der Waals surface area contributed by atoms with Gasteiger partial charge in [-0.2, -0.15) is 0 Å². The van der Waals surface area contributed by atoms with Gasteiger partial charge in [-0.05, 0) is 92.4 Å². The Morgan fingerprint density at radius 1 is 1.08 bits per heavy atom. The summed E-state index contributed by atoms with van der Waals surface area (Å²) in [5, 5.41) is 0. The van der Waals surface area contributed by atoms with Gasteiger partial charge in [0.25, 0.3) is 0 Å². The normalized spacial score (nSPS) is 34.9. The molecule has 0 heterocycles. The monoisotopic (exact) mass is 363 g/mol. The molecule has 4 nitrogen and oxygen atoms in total. The lowest BCUT2D eigenvalue weighted by Gasteiger charge is -2.59.